The lowest BCUT2D eigenvalue weighted by Gasteiger charge is -2.22. The molecule has 200 valence electrons. The van der Waals surface area contributed by atoms with E-state index >= 15 is 0 Å². The molecule has 0 aliphatic heterocycles. The average molecular weight is 559 g/mol. The molecule has 2 N–H and O–H groups in total. The molecule has 4 rings (SSSR count). The fourth-order valence-corrected chi connectivity index (χ4v) is 9.39. The fraction of sp³-hybridized carbons (Fsp3) is 0.161. The third-order valence-corrected chi connectivity index (χ3v) is 12.4. The quantitative estimate of drug-likeness (QED) is 0.275. The Morgan fingerprint density at radius 2 is 0.872 bits per heavy atom. The average Bonchev–Trinajstić information content (AvgIpc) is 2.97. The Labute approximate surface area is 229 Å². The van der Waals surface area contributed by atoms with Crippen LogP contribution in [0.4, 0.5) is 0 Å². The van der Waals surface area contributed by atoms with Crippen molar-refractivity contribution in [3.63, 3.8) is 0 Å². The molecule has 2 amide bonds. The van der Waals surface area contributed by atoms with Crippen LogP contribution < -0.4 is 31.9 Å². The lowest BCUT2D eigenvalue weighted by molar-refractivity contribution is -0.121. The van der Waals surface area contributed by atoms with E-state index in [1.807, 2.05) is 72.8 Å². The molecule has 1 atom stereocenters. The maximum absolute atomic E-state index is 14.1. The Hall–Kier alpha value is -3.72. The van der Waals surface area contributed by atoms with Crippen LogP contribution in [0.25, 0.3) is 0 Å². The summed E-state index contributed by atoms with van der Waals surface area (Å²) in [5.74, 6) is -0.738. The summed E-state index contributed by atoms with van der Waals surface area (Å²) >= 11 is 0. The highest BCUT2D eigenvalue weighted by Gasteiger charge is 2.32. The molecule has 0 aliphatic carbocycles. The van der Waals surface area contributed by atoms with Crippen LogP contribution in [0.15, 0.2) is 121 Å². The minimum absolute atomic E-state index is 0.148. The number of carbonyl (C=O) groups excluding carboxylic acids is 2. The smallest absolute Gasteiger partial charge is 0.228 e. The Balaban J connectivity index is 1.40. The van der Waals surface area contributed by atoms with E-state index in [2.05, 4.69) is 10.6 Å². The van der Waals surface area contributed by atoms with Crippen molar-refractivity contribution in [2.24, 2.45) is 0 Å². The molecular formula is C31H32N2O4P2. The number of rotatable bonds is 11. The van der Waals surface area contributed by atoms with E-state index in [0.717, 1.165) is 0 Å². The van der Waals surface area contributed by atoms with Crippen molar-refractivity contribution in [2.45, 2.75) is 13.0 Å². The molecule has 1 unspecified atom stereocenters. The van der Waals surface area contributed by atoms with Crippen LogP contribution in [0, 0.1) is 0 Å². The number of hydrogen-bond donors (Lipinski definition) is 2. The summed E-state index contributed by atoms with van der Waals surface area (Å²) in [5.41, 5.74) is 0. The minimum Gasteiger partial charge on any atom is -0.354 e. The van der Waals surface area contributed by atoms with Gasteiger partial charge in [0.15, 0.2) is 14.3 Å². The molecule has 0 radical (unpaired) electrons. The summed E-state index contributed by atoms with van der Waals surface area (Å²) in [6.45, 7) is 1.91. The largest absolute Gasteiger partial charge is 0.354 e. The molecular weight excluding hydrogens is 526 g/mol. The monoisotopic (exact) mass is 558 g/mol. The lowest BCUT2D eigenvalue weighted by Crippen LogP contribution is -2.44. The van der Waals surface area contributed by atoms with E-state index in [0.29, 0.717) is 21.2 Å². The Bertz CT molecular complexity index is 1390. The summed E-state index contributed by atoms with van der Waals surface area (Å²) in [6.07, 6.45) is -0.366. The second kappa shape index (κ2) is 12.9. The number of amides is 2. The standard InChI is InChI=1S/C31H32N2O4P2/c1-25(33-31(35)24-39(37,28-18-10-4-11-19-28)29-20-12-5-13-21-29)22-32-30(34)23-38(36,26-14-6-2-7-15-26)27-16-8-3-9-17-27/h2-21,25H,22-24H2,1H3,(H,32,34)(H,33,35). The van der Waals surface area contributed by atoms with Gasteiger partial charge in [-0.2, -0.15) is 0 Å². The Kier molecular flexibility index (Phi) is 9.35. The first-order valence-electron chi connectivity index (χ1n) is 12.8. The SMILES string of the molecule is CC(CNC(=O)CP(=O)(c1ccccc1)c1ccccc1)NC(=O)CP(=O)(c1ccccc1)c1ccccc1. The van der Waals surface area contributed by atoms with Crippen LogP contribution in [-0.2, 0) is 18.7 Å². The Morgan fingerprint density at radius 3 is 1.21 bits per heavy atom. The van der Waals surface area contributed by atoms with Gasteiger partial charge < -0.3 is 19.8 Å². The van der Waals surface area contributed by atoms with E-state index in [1.165, 1.54) is 0 Å². The first kappa shape index (κ1) is 28.3. The minimum atomic E-state index is -3.21. The molecule has 0 bridgehead atoms. The number of hydrogen-bond acceptors (Lipinski definition) is 4. The topological polar surface area (TPSA) is 92.3 Å². The molecule has 0 saturated carbocycles. The zero-order chi connectivity index (χ0) is 27.7. The zero-order valence-electron chi connectivity index (χ0n) is 21.8. The van der Waals surface area contributed by atoms with Gasteiger partial charge in [-0.1, -0.05) is 121 Å². The van der Waals surface area contributed by atoms with Gasteiger partial charge >= 0.3 is 0 Å². The van der Waals surface area contributed by atoms with Gasteiger partial charge in [-0.25, -0.2) is 0 Å². The van der Waals surface area contributed by atoms with E-state index in [-0.39, 0.29) is 30.7 Å². The van der Waals surface area contributed by atoms with Crippen molar-refractivity contribution in [2.75, 3.05) is 18.9 Å². The molecule has 0 aliphatic rings. The highest BCUT2D eigenvalue weighted by molar-refractivity contribution is 7.79. The van der Waals surface area contributed by atoms with E-state index < -0.39 is 20.3 Å². The van der Waals surface area contributed by atoms with Crippen molar-refractivity contribution in [1.29, 1.82) is 0 Å². The van der Waals surface area contributed by atoms with Gasteiger partial charge in [0, 0.05) is 33.8 Å². The normalized spacial score (nSPS) is 12.3. The molecule has 39 heavy (non-hydrogen) atoms. The molecule has 0 saturated heterocycles. The molecule has 0 fully saturated rings. The molecule has 0 aromatic heterocycles. The van der Waals surface area contributed by atoms with Crippen molar-refractivity contribution >= 4 is 47.3 Å². The van der Waals surface area contributed by atoms with Crippen LogP contribution >= 0.6 is 14.3 Å². The second-order valence-corrected chi connectivity index (χ2v) is 15.1. The van der Waals surface area contributed by atoms with Gasteiger partial charge in [0.25, 0.3) is 0 Å². The summed E-state index contributed by atoms with van der Waals surface area (Å²) in [4.78, 5) is 26.0. The number of nitrogens with one attached hydrogen (secondary N) is 2. The van der Waals surface area contributed by atoms with Gasteiger partial charge in [0.1, 0.15) is 0 Å². The fourth-order valence-electron chi connectivity index (χ4n) is 4.44. The molecule has 0 heterocycles. The van der Waals surface area contributed by atoms with Gasteiger partial charge in [0.2, 0.25) is 11.8 Å². The van der Waals surface area contributed by atoms with E-state index in [1.54, 1.807) is 55.5 Å². The highest BCUT2D eigenvalue weighted by atomic mass is 31.2. The highest BCUT2D eigenvalue weighted by Crippen LogP contribution is 2.43. The van der Waals surface area contributed by atoms with Crippen LogP contribution in [0.5, 0.6) is 0 Å². The summed E-state index contributed by atoms with van der Waals surface area (Å²) in [5, 5.41) is 8.14. The van der Waals surface area contributed by atoms with Crippen LogP contribution in [-0.4, -0.2) is 36.7 Å². The molecule has 6 nitrogen and oxygen atoms in total. The lowest BCUT2D eigenvalue weighted by atomic mass is 10.3. The van der Waals surface area contributed by atoms with Crippen molar-refractivity contribution in [3.8, 4) is 0 Å². The van der Waals surface area contributed by atoms with E-state index in [4.69, 9.17) is 0 Å². The third kappa shape index (κ3) is 7.03. The first-order valence-corrected chi connectivity index (χ1v) is 16.6. The van der Waals surface area contributed by atoms with Crippen LogP contribution in [0.2, 0.25) is 0 Å². The summed E-state index contributed by atoms with van der Waals surface area (Å²) < 4.78 is 28.3. The van der Waals surface area contributed by atoms with E-state index in [9.17, 15) is 18.7 Å². The molecule has 0 spiro atoms. The van der Waals surface area contributed by atoms with Crippen LogP contribution in [0.3, 0.4) is 0 Å². The van der Waals surface area contributed by atoms with Crippen molar-refractivity contribution in [3.05, 3.63) is 121 Å². The zero-order valence-corrected chi connectivity index (χ0v) is 23.6. The predicted molar refractivity (Wildman–Crippen MR) is 160 cm³/mol. The number of benzene rings is 4. The Morgan fingerprint density at radius 1 is 0.564 bits per heavy atom. The first-order chi connectivity index (χ1) is 18.8. The maximum atomic E-state index is 14.1. The molecule has 4 aromatic carbocycles. The predicted octanol–water partition coefficient (Wildman–Crippen LogP) is 3.64. The van der Waals surface area contributed by atoms with Gasteiger partial charge in [-0.3, -0.25) is 9.59 Å². The number of carbonyl (C=O) groups is 2. The second-order valence-electron chi connectivity index (χ2n) is 9.41. The van der Waals surface area contributed by atoms with Crippen LogP contribution in [0.1, 0.15) is 6.92 Å². The maximum Gasteiger partial charge on any atom is 0.228 e. The summed E-state index contributed by atoms with van der Waals surface area (Å²) in [6, 6.07) is 35.7. The van der Waals surface area contributed by atoms with Crippen molar-refractivity contribution < 1.29 is 18.7 Å². The third-order valence-electron chi connectivity index (χ3n) is 6.44. The van der Waals surface area contributed by atoms with Gasteiger partial charge in [0.05, 0.1) is 12.3 Å². The van der Waals surface area contributed by atoms with Crippen molar-refractivity contribution in [1.82, 2.24) is 10.6 Å². The van der Waals surface area contributed by atoms with Gasteiger partial charge in [-0.15, -0.1) is 0 Å². The molecule has 4 aromatic rings. The summed E-state index contributed by atoms with van der Waals surface area (Å²) in [7, 11) is -6.41. The molecule has 8 heteroatoms. The van der Waals surface area contributed by atoms with Gasteiger partial charge in [-0.05, 0) is 6.92 Å².